The third kappa shape index (κ3) is 3.62. The van der Waals surface area contributed by atoms with Gasteiger partial charge in [0, 0.05) is 38.6 Å². The predicted octanol–water partition coefficient (Wildman–Crippen LogP) is 2.66. The highest BCUT2D eigenvalue weighted by Gasteiger charge is 2.30. The van der Waals surface area contributed by atoms with Crippen LogP contribution < -0.4 is 0 Å². The fourth-order valence-corrected chi connectivity index (χ4v) is 3.16. The molecule has 3 nitrogen and oxygen atoms in total. The van der Waals surface area contributed by atoms with Gasteiger partial charge in [-0.05, 0) is 37.0 Å². The molecule has 114 valence electrons. The minimum Gasteiger partial charge on any atom is -0.341 e. The van der Waals surface area contributed by atoms with E-state index >= 15 is 0 Å². The van der Waals surface area contributed by atoms with Crippen LogP contribution in [0.15, 0.2) is 24.3 Å². The maximum absolute atomic E-state index is 13.2. The van der Waals surface area contributed by atoms with Crippen molar-refractivity contribution in [2.24, 2.45) is 5.92 Å². The number of carbonyl (C=O) groups excluding carboxylic acids is 1. The minimum absolute atomic E-state index is 0.177. The lowest BCUT2D eigenvalue weighted by molar-refractivity contribution is -0.138. The standard InChI is InChI=1S/C17H23FN2O/c18-16-7-1-4-14(12-16)13-19-8-3-9-20(11-10-19)17(21)15-5-2-6-15/h1,4,7,12,15H,2-3,5-6,8-11,13H2. The van der Waals surface area contributed by atoms with Crippen LogP contribution in [0.2, 0.25) is 0 Å². The summed E-state index contributed by atoms with van der Waals surface area (Å²) in [6, 6.07) is 6.80. The smallest absolute Gasteiger partial charge is 0.225 e. The maximum atomic E-state index is 13.2. The lowest BCUT2D eigenvalue weighted by Crippen LogP contribution is -2.41. The van der Waals surface area contributed by atoms with Crippen LogP contribution in [0.4, 0.5) is 4.39 Å². The molecule has 3 rings (SSSR count). The first-order chi connectivity index (χ1) is 10.2. The summed E-state index contributed by atoms with van der Waals surface area (Å²) >= 11 is 0. The fraction of sp³-hybridized carbons (Fsp3) is 0.588. The maximum Gasteiger partial charge on any atom is 0.225 e. The Morgan fingerprint density at radius 3 is 2.71 bits per heavy atom. The van der Waals surface area contributed by atoms with Gasteiger partial charge < -0.3 is 4.90 Å². The van der Waals surface area contributed by atoms with Gasteiger partial charge in [-0.3, -0.25) is 9.69 Å². The largest absolute Gasteiger partial charge is 0.341 e. The molecule has 0 radical (unpaired) electrons. The van der Waals surface area contributed by atoms with Gasteiger partial charge in [0.05, 0.1) is 0 Å². The average molecular weight is 290 g/mol. The van der Waals surface area contributed by atoms with Crippen molar-refractivity contribution in [1.82, 2.24) is 9.80 Å². The van der Waals surface area contributed by atoms with Crippen molar-refractivity contribution in [1.29, 1.82) is 0 Å². The summed E-state index contributed by atoms with van der Waals surface area (Å²) in [5.74, 6) is 0.470. The Labute approximate surface area is 125 Å². The fourth-order valence-electron chi connectivity index (χ4n) is 3.16. The Bertz CT molecular complexity index is 501. The van der Waals surface area contributed by atoms with Crippen LogP contribution in [-0.4, -0.2) is 41.9 Å². The van der Waals surface area contributed by atoms with Crippen molar-refractivity contribution in [3.05, 3.63) is 35.6 Å². The van der Waals surface area contributed by atoms with Crippen LogP contribution in [0.1, 0.15) is 31.2 Å². The first-order valence-electron chi connectivity index (χ1n) is 7.98. The van der Waals surface area contributed by atoms with Crippen molar-refractivity contribution < 1.29 is 9.18 Å². The van der Waals surface area contributed by atoms with Gasteiger partial charge in [-0.2, -0.15) is 0 Å². The molecule has 0 bridgehead atoms. The third-order valence-corrected chi connectivity index (χ3v) is 4.65. The number of carbonyl (C=O) groups is 1. The van der Waals surface area contributed by atoms with Gasteiger partial charge in [-0.25, -0.2) is 4.39 Å². The number of hydrogen-bond acceptors (Lipinski definition) is 2. The second kappa shape index (κ2) is 6.56. The monoisotopic (exact) mass is 290 g/mol. The van der Waals surface area contributed by atoms with Gasteiger partial charge in [-0.1, -0.05) is 18.6 Å². The first kappa shape index (κ1) is 14.5. The Kier molecular flexibility index (Phi) is 4.54. The molecule has 1 aromatic carbocycles. The quantitative estimate of drug-likeness (QED) is 0.854. The third-order valence-electron chi connectivity index (χ3n) is 4.65. The Hall–Kier alpha value is -1.42. The zero-order valence-electron chi connectivity index (χ0n) is 12.4. The van der Waals surface area contributed by atoms with Gasteiger partial charge in [0.1, 0.15) is 5.82 Å². The molecule has 0 spiro atoms. The van der Waals surface area contributed by atoms with Gasteiger partial charge in [-0.15, -0.1) is 0 Å². The summed E-state index contributed by atoms with van der Waals surface area (Å²) in [4.78, 5) is 16.7. The van der Waals surface area contributed by atoms with Crippen LogP contribution in [0.3, 0.4) is 0 Å². The van der Waals surface area contributed by atoms with Crippen LogP contribution in [0.5, 0.6) is 0 Å². The van der Waals surface area contributed by atoms with Crippen LogP contribution in [0.25, 0.3) is 0 Å². The van der Waals surface area contributed by atoms with Crippen molar-refractivity contribution >= 4 is 5.91 Å². The summed E-state index contributed by atoms with van der Waals surface area (Å²) in [7, 11) is 0. The molecule has 1 aromatic rings. The molecule has 0 aromatic heterocycles. The molecule has 0 atom stereocenters. The highest BCUT2D eigenvalue weighted by molar-refractivity contribution is 5.79. The molecule has 0 unspecified atom stereocenters. The van der Waals surface area contributed by atoms with Gasteiger partial charge in [0.25, 0.3) is 0 Å². The summed E-state index contributed by atoms with van der Waals surface area (Å²) in [5.41, 5.74) is 1.01. The number of nitrogens with zero attached hydrogens (tertiary/aromatic N) is 2. The molecule has 4 heteroatoms. The van der Waals surface area contributed by atoms with Gasteiger partial charge in [0.2, 0.25) is 5.91 Å². The number of amides is 1. The zero-order chi connectivity index (χ0) is 14.7. The van der Waals surface area contributed by atoms with E-state index in [1.807, 2.05) is 11.0 Å². The SMILES string of the molecule is O=C(C1CCC1)N1CCCN(Cc2cccc(F)c2)CC1. The molecule has 0 N–H and O–H groups in total. The molecule has 1 amide bonds. The zero-order valence-corrected chi connectivity index (χ0v) is 12.4. The normalized spacial score (nSPS) is 20.9. The molecular weight excluding hydrogens is 267 g/mol. The van der Waals surface area contributed by atoms with E-state index in [1.54, 1.807) is 12.1 Å². The number of halogens is 1. The average Bonchev–Trinajstić information content (AvgIpc) is 2.62. The van der Waals surface area contributed by atoms with E-state index in [4.69, 9.17) is 0 Å². The topological polar surface area (TPSA) is 23.6 Å². The van der Waals surface area contributed by atoms with Gasteiger partial charge >= 0.3 is 0 Å². The van der Waals surface area contributed by atoms with E-state index in [2.05, 4.69) is 4.90 Å². The van der Waals surface area contributed by atoms with Crippen LogP contribution >= 0.6 is 0 Å². The van der Waals surface area contributed by atoms with E-state index < -0.39 is 0 Å². The number of hydrogen-bond donors (Lipinski definition) is 0. The second-order valence-corrected chi connectivity index (χ2v) is 6.21. The Balaban J connectivity index is 1.54. The van der Waals surface area contributed by atoms with Crippen LogP contribution in [-0.2, 0) is 11.3 Å². The molecule has 1 aliphatic carbocycles. The first-order valence-corrected chi connectivity index (χ1v) is 7.98. The van der Waals surface area contributed by atoms with E-state index in [0.717, 1.165) is 57.5 Å². The lowest BCUT2D eigenvalue weighted by Gasteiger charge is -2.31. The molecule has 21 heavy (non-hydrogen) atoms. The van der Waals surface area contributed by atoms with Crippen molar-refractivity contribution in [2.45, 2.75) is 32.2 Å². The number of benzene rings is 1. The summed E-state index contributed by atoms with van der Waals surface area (Å²) in [5, 5.41) is 0. The predicted molar refractivity (Wildman–Crippen MR) is 80.2 cm³/mol. The Morgan fingerprint density at radius 2 is 2.00 bits per heavy atom. The minimum atomic E-state index is -0.177. The molecule has 1 aliphatic heterocycles. The molecule has 2 aliphatic rings. The molecule has 1 saturated carbocycles. The highest BCUT2D eigenvalue weighted by atomic mass is 19.1. The molecule has 1 saturated heterocycles. The van der Waals surface area contributed by atoms with Crippen molar-refractivity contribution in [3.63, 3.8) is 0 Å². The summed E-state index contributed by atoms with van der Waals surface area (Å²) < 4.78 is 13.2. The van der Waals surface area contributed by atoms with Crippen molar-refractivity contribution in [2.75, 3.05) is 26.2 Å². The van der Waals surface area contributed by atoms with E-state index in [1.165, 1.54) is 12.5 Å². The lowest BCUT2D eigenvalue weighted by atomic mass is 9.84. The van der Waals surface area contributed by atoms with E-state index in [-0.39, 0.29) is 5.82 Å². The summed E-state index contributed by atoms with van der Waals surface area (Å²) in [6.07, 6.45) is 4.36. The summed E-state index contributed by atoms with van der Waals surface area (Å²) in [6.45, 7) is 4.31. The van der Waals surface area contributed by atoms with Crippen LogP contribution in [0, 0.1) is 11.7 Å². The number of rotatable bonds is 3. The molecular formula is C17H23FN2O. The van der Waals surface area contributed by atoms with E-state index in [0.29, 0.717) is 11.8 Å². The second-order valence-electron chi connectivity index (χ2n) is 6.21. The molecule has 2 fully saturated rings. The van der Waals surface area contributed by atoms with E-state index in [9.17, 15) is 9.18 Å². The van der Waals surface area contributed by atoms with Gasteiger partial charge in [0.15, 0.2) is 0 Å². The molecule has 1 heterocycles. The van der Waals surface area contributed by atoms with Crippen molar-refractivity contribution in [3.8, 4) is 0 Å². The highest BCUT2D eigenvalue weighted by Crippen LogP contribution is 2.28. The Morgan fingerprint density at radius 1 is 1.14 bits per heavy atom.